The highest BCUT2D eigenvalue weighted by atomic mass is 16.7. The molecule has 3 saturated heterocycles. The number of fused-ring (bicyclic) bond motifs is 1. The van der Waals surface area contributed by atoms with E-state index in [1.807, 2.05) is 25.9 Å². The number of nitrogens with zero attached hydrogens (tertiary/aromatic N) is 1. The summed E-state index contributed by atoms with van der Waals surface area (Å²) >= 11 is 0. The standard InChI is InChI=1S/C40H58N2O13/c1-12-27-40(8)28(32(49-11)36(47)54-40)22(4)29(43)20(2)19-39(7,55-38(41)48)33(23(5)30(44)24(6)34(45)51-27)53-37-31(26(42(9)10)18-21(3)50-37)52-35(46)25-16-14-13-15-17-25/h13-17,20-24,26-28,31-33,37H,12,18-19H2,1-11H3,(H2,41,48)/t20-,21-,22?,23+,24-,26+,27-,28?,31-,32?,33-,37?,39-,40-/m1/s1. The van der Waals surface area contributed by atoms with Crippen molar-refractivity contribution in [2.24, 2.45) is 35.3 Å². The first-order valence-electron chi connectivity index (χ1n) is 19.0. The van der Waals surface area contributed by atoms with Crippen LogP contribution < -0.4 is 5.73 Å². The molecule has 2 N–H and O–H groups in total. The first kappa shape index (κ1) is 43.8. The van der Waals surface area contributed by atoms with Crippen molar-refractivity contribution in [3.63, 3.8) is 0 Å². The lowest BCUT2D eigenvalue weighted by atomic mass is 9.69. The smallest absolute Gasteiger partial charge is 0.405 e. The number of nitrogens with two attached hydrogens (primary N) is 1. The molecule has 1 amide bonds. The Morgan fingerprint density at radius 2 is 1.58 bits per heavy atom. The number of likely N-dealkylation sites (N-methyl/N-ethyl adjacent to an activating group) is 1. The normalized spacial score (nSPS) is 39.1. The van der Waals surface area contributed by atoms with Crippen LogP contribution in [0.25, 0.3) is 0 Å². The Labute approximate surface area is 323 Å². The molecule has 0 aliphatic carbocycles. The molecular formula is C40H58N2O13. The summed E-state index contributed by atoms with van der Waals surface area (Å²) in [7, 11) is 4.98. The summed E-state index contributed by atoms with van der Waals surface area (Å²) in [5.74, 6) is -8.51. The second-order valence-electron chi connectivity index (χ2n) is 15.9. The monoisotopic (exact) mass is 774 g/mol. The van der Waals surface area contributed by atoms with E-state index in [1.165, 1.54) is 27.9 Å². The van der Waals surface area contributed by atoms with Crippen LogP contribution >= 0.6 is 0 Å². The summed E-state index contributed by atoms with van der Waals surface area (Å²) in [6, 6.07) is 7.97. The molecular weight excluding hydrogens is 716 g/mol. The Morgan fingerprint density at radius 3 is 2.15 bits per heavy atom. The van der Waals surface area contributed by atoms with Gasteiger partial charge in [-0.3, -0.25) is 14.4 Å². The van der Waals surface area contributed by atoms with Gasteiger partial charge in [-0.15, -0.1) is 0 Å². The van der Waals surface area contributed by atoms with Crippen molar-refractivity contribution >= 4 is 35.6 Å². The third-order valence-electron chi connectivity index (χ3n) is 11.7. The molecule has 14 atom stereocenters. The van der Waals surface area contributed by atoms with E-state index < -0.39 is 113 Å². The maximum atomic E-state index is 14.5. The Bertz CT molecular complexity index is 1590. The van der Waals surface area contributed by atoms with Crippen LogP contribution in [-0.4, -0.2) is 116 Å². The number of carbonyl (C=O) groups excluding carboxylic acids is 6. The van der Waals surface area contributed by atoms with Crippen molar-refractivity contribution in [1.82, 2.24) is 4.90 Å². The van der Waals surface area contributed by atoms with E-state index in [-0.39, 0.29) is 18.6 Å². The SMILES string of the molecule is CC[C@H]1OC(=O)[C@H](C)C(=O)[C@H](C)[C@@H](OC2O[C@H](C)C[C@H](N(C)C)[C@H]2OC(=O)c2ccccc2)[C@](C)(OC(N)=O)C[C@@H](C)C(=O)C(C)C2C(OC)C(=O)O[C@@]21C. The molecule has 3 aliphatic heterocycles. The highest BCUT2D eigenvalue weighted by molar-refractivity contribution is 6.00. The van der Waals surface area contributed by atoms with Crippen molar-refractivity contribution in [1.29, 1.82) is 0 Å². The molecule has 1 aromatic carbocycles. The number of ketones is 2. The Balaban J connectivity index is 1.86. The number of cyclic esters (lactones) is 1. The zero-order valence-electron chi connectivity index (χ0n) is 33.8. The van der Waals surface area contributed by atoms with Crippen LogP contribution in [-0.2, 0) is 52.3 Å². The summed E-state index contributed by atoms with van der Waals surface area (Å²) in [4.78, 5) is 84.0. The zero-order valence-corrected chi connectivity index (χ0v) is 33.8. The van der Waals surface area contributed by atoms with Crippen LogP contribution in [0.15, 0.2) is 30.3 Å². The van der Waals surface area contributed by atoms with E-state index in [9.17, 15) is 28.8 Å². The molecule has 0 spiro atoms. The quantitative estimate of drug-likeness (QED) is 0.227. The fraction of sp³-hybridized carbons (Fsp3) is 0.700. The van der Waals surface area contributed by atoms with Gasteiger partial charge < -0.3 is 43.8 Å². The van der Waals surface area contributed by atoms with E-state index >= 15 is 0 Å². The van der Waals surface area contributed by atoms with Gasteiger partial charge in [0.2, 0.25) is 0 Å². The van der Waals surface area contributed by atoms with Crippen LogP contribution in [0, 0.1) is 29.6 Å². The number of benzene rings is 1. The van der Waals surface area contributed by atoms with E-state index in [1.54, 1.807) is 58.0 Å². The largest absolute Gasteiger partial charge is 0.458 e. The number of esters is 3. The number of rotatable bonds is 8. The molecule has 3 fully saturated rings. The first-order valence-corrected chi connectivity index (χ1v) is 19.0. The fourth-order valence-electron chi connectivity index (χ4n) is 8.83. The maximum absolute atomic E-state index is 14.5. The predicted octanol–water partition coefficient (Wildman–Crippen LogP) is 3.87. The number of amides is 1. The van der Waals surface area contributed by atoms with Gasteiger partial charge in [0, 0.05) is 30.8 Å². The molecule has 3 aliphatic rings. The zero-order chi connectivity index (χ0) is 41.2. The molecule has 15 nitrogen and oxygen atoms in total. The summed E-state index contributed by atoms with van der Waals surface area (Å²) in [6.07, 6.45) is -7.17. The second-order valence-corrected chi connectivity index (χ2v) is 15.9. The van der Waals surface area contributed by atoms with Crippen molar-refractivity contribution in [3.05, 3.63) is 35.9 Å². The van der Waals surface area contributed by atoms with Gasteiger partial charge in [-0.2, -0.15) is 0 Å². The molecule has 4 unspecified atom stereocenters. The van der Waals surface area contributed by atoms with Gasteiger partial charge in [0.05, 0.1) is 17.7 Å². The molecule has 4 rings (SSSR count). The minimum absolute atomic E-state index is 0.193. The van der Waals surface area contributed by atoms with Crippen LogP contribution in [0.1, 0.15) is 85.0 Å². The van der Waals surface area contributed by atoms with E-state index in [0.29, 0.717) is 12.0 Å². The van der Waals surface area contributed by atoms with E-state index in [0.717, 1.165) is 0 Å². The van der Waals surface area contributed by atoms with Gasteiger partial charge in [-0.1, -0.05) is 45.9 Å². The molecule has 55 heavy (non-hydrogen) atoms. The van der Waals surface area contributed by atoms with Gasteiger partial charge >= 0.3 is 24.0 Å². The van der Waals surface area contributed by atoms with Crippen LogP contribution in [0.3, 0.4) is 0 Å². The fourth-order valence-corrected chi connectivity index (χ4v) is 8.83. The predicted molar refractivity (Wildman–Crippen MR) is 196 cm³/mol. The lowest BCUT2D eigenvalue weighted by Gasteiger charge is -2.47. The van der Waals surface area contributed by atoms with Gasteiger partial charge in [0.15, 0.2) is 29.9 Å². The van der Waals surface area contributed by atoms with E-state index in [4.69, 9.17) is 38.9 Å². The van der Waals surface area contributed by atoms with Gasteiger partial charge in [-0.25, -0.2) is 14.4 Å². The molecule has 0 aromatic heterocycles. The number of carbonyl (C=O) groups is 6. The minimum atomic E-state index is -1.81. The van der Waals surface area contributed by atoms with Crippen molar-refractivity contribution < 1.29 is 61.9 Å². The molecule has 1 aromatic rings. The molecule has 3 heterocycles. The second kappa shape index (κ2) is 17.5. The van der Waals surface area contributed by atoms with Crippen molar-refractivity contribution in [2.45, 2.75) is 129 Å². The summed E-state index contributed by atoms with van der Waals surface area (Å²) in [5.41, 5.74) is 2.67. The Kier molecular flexibility index (Phi) is 13.9. The molecule has 15 heteroatoms. The average Bonchev–Trinajstić information content (AvgIpc) is 3.40. The molecule has 0 bridgehead atoms. The number of ether oxygens (including phenoxy) is 7. The molecule has 0 radical (unpaired) electrons. The lowest BCUT2D eigenvalue weighted by molar-refractivity contribution is -0.291. The number of methoxy groups -OCH3 is 1. The summed E-state index contributed by atoms with van der Waals surface area (Å²) in [5, 5.41) is 0. The van der Waals surface area contributed by atoms with Crippen molar-refractivity contribution in [3.8, 4) is 0 Å². The summed E-state index contributed by atoms with van der Waals surface area (Å²) < 4.78 is 42.4. The van der Waals surface area contributed by atoms with Crippen LogP contribution in [0.2, 0.25) is 0 Å². The topological polar surface area (TPSA) is 196 Å². The third kappa shape index (κ3) is 9.05. The highest BCUT2D eigenvalue weighted by Crippen LogP contribution is 2.46. The lowest BCUT2D eigenvalue weighted by Crippen LogP contribution is -2.61. The summed E-state index contributed by atoms with van der Waals surface area (Å²) in [6.45, 7) is 12.8. The van der Waals surface area contributed by atoms with Crippen molar-refractivity contribution in [2.75, 3.05) is 21.2 Å². The van der Waals surface area contributed by atoms with Crippen LogP contribution in [0.4, 0.5) is 4.79 Å². The first-order chi connectivity index (χ1) is 25.7. The molecule has 306 valence electrons. The third-order valence-corrected chi connectivity index (χ3v) is 11.7. The van der Waals surface area contributed by atoms with Gasteiger partial charge in [0.1, 0.15) is 29.5 Å². The highest BCUT2D eigenvalue weighted by Gasteiger charge is 2.62. The van der Waals surface area contributed by atoms with Gasteiger partial charge in [-0.05, 0) is 73.2 Å². The number of hydrogen-bond donors (Lipinski definition) is 1. The Hall–Kier alpha value is -3.92. The van der Waals surface area contributed by atoms with Crippen LogP contribution in [0.5, 0.6) is 0 Å². The minimum Gasteiger partial charge on any atom is -0.458 e. The van der Waals surface area contributed by atoms with Gasteiger partial charge in [0.25, 0.3) is 0 Å². The number of primary amides is 1. The number of Topliss-reactive ketones (excluding diaryl/α,β-unsaturated/α-hetero) is 2. The Morgan fingerprint density at radius 1 is 0.945 bits per heavy atom. The maximum Gasteiger partial charge on any atom is 0.405 e. The van der Waals surface area contributed by atoms with E-state index in [2.05, 4.69) is 0 Å². The molecule has 0 saturated carbocycles. The number of hydrogen-bond acceptors (Lipinski definition) is 14. The average molecular weight is 775 g/mol.